The van der Waals surface area contributed by atoms with E-state index < -0.39 is 16.9 Å². The highest BCUT2D eigenvalue weighted by atomic mass is 32.2. The van der Waals surface area contributed by atoms with Gasteiger partial charge in [-0.15, -0.1) is 0 Å². The van der Waals surface area contributed by atoms with Gasteiger partial charge in [-0.3, -0.25) is 9.59 Å². The van der Waals surface area contributed by atoms with Crippen molar-refractivity contribution in [3.63, 3.8) is 0 Å². The molecule has 0 aliphatic carbocycles. The molecule has 5 rings (SSSR count). The van der Waals surface area contributed by atoms with Crippen molar-refractivity contribution in [2.75, 3.05) is 10.6 Å². The van der Waals surface area contributed by atoms with E-state index in [2.05, 4.69) is 20.6 Å². The first kappa shape index (κ1) is 19.8. The zero-order valence-corrected chi connectivity index (χ0v) is 17.2. The first-order chi connectivity index (χ1) is 15.4. The molecular weight excluding hydrogens is 431 g/mol. The molecule has 8 nitrogen and oxygen atoms in total. The van der Waals surface area contributed by atoms with Crippen LogP contribution in [0.3, 0.4) is 0 Å². The van der Waals surface area contributed by atoms with Gasteiger partial charge < -0.3 is 21.4 Å². The Balaban J connectivity index is 1.64. The predicted molar refractivity (Wildman–Crippen MR) is 117 cm³/mol. The molecule has 1 amide bonds. The van der Waals surface area contributed by atoms with E-state index in [4.69, 9.17) is 5.73 Å². The van der Waals surface area contributed by atoms with E-state index >= 15 is 0 Å². The maximum Gasteiger partial charge on any atom is 0.258 e. The van der Waals surface area contributed by atoms with Gasteiger partial charge >= 0.3 is 0 Å². The fourth-order valence-electron chi connectivity index (χ4n) is 4.11. The minimum Gasteiger partial charge on any atom is -0.384 e. The van der Waals surface area contributed by atoms with Crippen LogP contribution in [-0.2, 0) is 16.0 Å². The fourth-order valence-corrected chi connectivity index (χ4v) is 4.92. The van der Waals surface area contributed by atoms with Crippen molar-refractivity contribution in [1.29, 1.82) is 5.26 Å². The summed E-state index contributed by atoms with van der Waals surface area (Å²) in [6.45, 7) is 0. The number of nitrogens with zero attached hydrogens (tertiary/aromatic N) is 2. The number of amides is 1. The molecule has 2 aliphatic rings. The maximum absolute atomic E-state index is 13.3. The van der Waals surface area contributed by atoms with Crippen LogP contribution in [-0.4, -0.2) is 15.9 Å². The number of rotatable bonds is 3. The average molecular weight is 446 g/mol. The molecule has 0 bridgehead atoms. The molecule has 32 heavy (non-hydrogen) atoms. The van der Waals surface area contributed by atoms with Gasteiger partial charge in [0.05, 0.1) is 11.1 Å². The summed E-state index contributed by atoms with van der Waals surface area (Å²) in [7, 11) is 0. The summed E-state index contributed by atoms with van der Waals surface area (Å²) < 4.78 is 13.1. The van der Waals surface area contributed by atoms with Gasteiger partial charge in [0.1, 0.15) is 28.9 Å². The minimum absolute atomic E-state index is 0.0110. The molecule has 2 aliphatic heterocycles. The fraction of sp³-hybridized carbons (Fsp3) is 0.0909. The van der Waals surface area contributed by atoms with Gasteiger partial charge in [-0.25, -0.2) is 9.37 Å². The Kier molecular flexibility index (Phi) is 4.49. The van der Waals surface area contributed by atoms with Crippen molar-refractivity contribution in [2.24, 2.45) is 5.73 Å². The molecule has 0 saturated carbocycles. The summed E-state index contributed by atoms with van der Waals surface area (Å²) in [5.41, 5.74) is 5.63. The van der Waals surface area contributed by atoms with Gasteiger partial charge in [-0.1, -0.05) is 42.1 Å². The number of benzene rings is 2. The number of para-hydroxylation sites is 1. The summed E-state index contributed by atoms with van der Waals surface area (Å²) in [5.74, 6) is -0.372. The van der Waals surface area contributed by atoms with Crippen molar-refractivity contribution in [2.45, 2.75) is 16.3 Å². The van der Waals surface area contributed by atoms with Gasteiger partial charge in [0.25, 0.3) is 5.56 Å². The minimum atomic E-state index is -1.70. The van der Waals surface area contributed by atoms with Gasteiger partial charge in [0.15, 0.2) is 5.16 Å². The van der Waals surface area contributed by atoms with Crippen molar-refractivity contribution >= 4 is 29.2 Å². The van der Waals surface area contributed by atoms with E-state index in [1.807, 2.05) is 6.07 Å². The lowest BCUT2D eigenvalue weighted by Crippen LogP contribution is -2.47. The second kappa shape index (κ2) is 7.25. The first-order valence-electron chi connectivity index (χ1n) is 9.55. The van der Waals surface area contributed by atoms with Crippen LogP contribution in [0.1, 0.15) is 16.7 Å². The van der Waals surface area contributed by atoms with Crippen molar-refractivity contribution < 1.29 is 9.18 Å². The molecule has 5 N–H and O–H groups in total. The lowest BCUT2D eigenvalue weighted by molar-refractivity contribution is -0.118. The number of thioether (sulfide) groups is 1. The second-order valence-electron chi connectivity index (χ2n) is 7.29. The maximum atomic E-state index is 13.3. The van der Waals surface area contributed by atoms with Crippen molar-refractivity contribution in [3.8, 4) is 6.07 Å². The molecule has 10 heteroatoms. The summed E-state index contributed by atoms with van der Waals surface area (Å²) in [6, 6.07) is 14.9. The number of aromatic nitrogens is 2. The van der Waals surface area contributed by atoms with E-state index in [0.717, 1.165) is 5.56 Å². The molecule has 0 unspecified atom stereocenters. The molecule has 3 aromatic rings. The normalized spacial score (nSPS) is 18.6. The van der Waals surface area contributed by atoms with E-state index in [9.17, 15) is 19.2 Å². The molecule has 158 valence electrons. The molecule has 2 aromatic carbocycles. The number of halogens is 1. The largest absolute Gasteiger partial charge is 0.384 e. The van der Waals surface area contributed by atoms with Gasteiger partial charge in [-0.05, 0) is 23.8 Å². The van der Waals surface area contributed by atoms with Gasteiger partial charge in [-0.2, -0.15) is 5.26 Å². The molecule has 3 heterocycles. The number of hydrogen-bond donors (Lipinski definition) is 4. The number of fused-ring (bicyclic) bond motifs is 4. The Bertz CT molecular complexity index is 1410. The number of carbonyl (C=O) groups is 1. The number of hydrogen-bond acceptors (Lipinski definition) is 7. The number of anilines is 2. The molecule has 1 atom stereocenters. The molecule has 1 spiro atoms. The van der Waals surface area contributed by atoms with Gasteiger partial charge in [0.2, 0.25) is 5.91 Å². The highest BCUT2D eigenvalue weighted by Gasteiger charge is 2.57. The molecule has 0 radical (unpaired) electrons. The highest BCUT2D eigenvalue weighted by Crippen LogP contribution is 2.50. The lowest BCUT2D eigenvalue weighted by Gasteiger charge is -2.33. The van der Waals surface area contributed by atoms with Crippen LogP contribution in [0.5, 0.6) is 0 Å². The Morgan fingerprint density at radius 3 is 2.62 bits per heavy atom. The van der Waals surface area contributed by atoms with Crippen LogP contribution >= 0.6 is 11.8 Å². The van der Waals surface area contributed by atoms with E-state index in [0.29, 0.717) is 22.2 Å². The zero-order chi connectivity index (χ0) is 22.5. The Labute approximate surface area is 185 Å². The SMILES string of the molecule is N#CC1=C(N)Nc2nc(SCc3ccc(F)cc3)[nH]c(=O)c2[C@@]12C(=O)Nc1ccccc12. The lowest BCUT2D eigenvalue weighted by atomic mass is 9.69. The molecule has 0 fully saturated rings. The van der Waals surface area contributed by atoms with Crippen molar-refractivity contribution in [1.82, 2.24) is 9.97 Å². The number of nitrogens with one attached hydrogen (secondary N) is 3. The van der Waals surface area contributed by atoms with Gasteiger partial charge in [0, 0.05) is 17.0 Å². The Morgan fingerprint density at radius 1 is 1.12 bits per heavy atom. The summed E-state index contributed by atoms with van der Waals surface area (Å²) >= 11 is 1.24. The Morgan fingerprint density at radius 2 is 1.88 bits per heavy atom. The predicted octanol–water partition coefficient (Wildman–Crippen LogP) is 2.56. The molecule has 0 saturated heterocycles. The van der Waals surface area contributed by atoms with E-state index in [1.54, 1.807) is 36.4 Å². The van der Waals surface area contributed by atoms with Crippen LogP contribution < -0.4 is 21.9 Å². The smallest absolute Gasteiger partial charge is 0.258 e. The Hall–Kier alpha value is -4.10. The standard InChI is InChI=1S/C22H15FN6O2S/c23-12-7-5-11(6-8-12)10-32-21-28-18-16(19(30)29-21)22(14(9-24)17(25)27-18)13-3-1-2-4-15(13)26-20(22)31/h1-8H,10,25H2,(H,26,31)(H2,27,28,29,30)/t22-/m0/s1. The third-order valence-electron chi connectivity index (χ3n) is 5.49. The van der Waals surface area contributed by atoms with Crippen LogP contribution in [0, 0.1) is 17.1 Å². The quantitative estimate of drug-likeness (QED) is 0.358. The van der Waals surface area contributed by atoms with Crippen LogP contribution in [0.15, 0.2) is 69.9 Å². The van der Waals surface area contributed by atoms with E-state index in [-0.39, 0.29) is 28.6 Å². The summed E-state index contributed by atoms with van der Waals surface area (Å²) in [4.78, 5) is 33.7. The number of H-pyrrole nitrogens is 1. The number of carbonyl (C=O) groups excluding carboxylic acids is 1. The third-order valence-corrected chi connectivity index (χ3v) is 6.44. The molecule has 1 aromatic heterocycles. The number of nitrogens with two attached hydrogens (primary N) is 1. The average Bonchev–Trinajstić information content (AvgIpc) is 3.05. The summed E-state index contributed by atoms with van der Waals surface area (Å²) in [6.07, 6.45) is 0. The third kappa shape index (κ3) is 2.79. The molecular formula is C22H15FN6O2S. The highest BCUT2D eigenvalue weighted by molar-refractivity contribution is 7.98. The first-order valence-corrected chi connectivity index (χ1v) is 10.5. The van der Waals surface area contributed by atoms with Crippen molar-refractivity contribution in [3.05, 3.63) is 92.8 Å². The van der Waals surface area contributed by atoms with Crippen LogP contribution in [0.4, 0.5) is 15.9 Å². The topological polar surface area (TPSA) is 137 Å². The number of nitriles is 1. The number of aromatic amines is 1. The zero-order valence-electron chi connectivity index (χ0n) is 16.4. The monoisotopic (exact) mass is 446 g/mol. The second-order valence-corrected chi connectivity index (χ2v) is 8.25. The van der Waals surface area contributed by atoms with E-state index in [1.165, 1.54) is 23.9 Å². The summed E-state index contributed by atoms with van der Waals surface area (Å²) in [5, 5.41) is 15.7. The van der Waals surface area contributed by atoms with Crippen LogP contribution in [0.2, 0.25) is 0 Å². The van der Waals surface area contributed by atoms with Crippen LogP contribution in [0.25, 0.3) is 0 Å².